The van der Waals surface area contributed by atoms with Gasteiger partial charge in [-0.3, -0.25) is 4.79 Å². The number of piperazine rings is 1. The largest absolute Gasteiger partial charge is 0.472 e. The molecule has 8 nitrogen and oxygen atoms in total. The second-order valence-electron chi connectivity index (χ2n) is 8.79. The molecule has 1 unspecified atom stereocenters. The molecule has 170 valence electrons. The number of rotatable bonds is 3. The van der Waals surface area contributed by atoms with Gasteiger partial charge < -0.3 is 14.2 Å². The Balaban J connectivity index is 1.45. The highest BCUT2D eigenvalue weighted by Crippen LogP contribution is 2.30. The van der Waals surface area contributed by atoms with E-state index in [9.17, 15) is 4.79 Å². The highest BCUT2D eigenvalue weighted by atomic mass is 16.3. The van der Waals surface area contributed by atoms with Crippen molar-refractivity contribution in [3.63, 3.8) is 0 Å². The summed E-state index contributed by atoms with van der Waals surface area (Å²) in [5, 5.41) is 10.1. The van der Waals surface area contributed by atoms with Gasteiger partial charge in [0, 0.05) is 36.6 Å². The molecule has 4 heterocycles. The average Bonchev–Trinajstić information content (AvgIpc) is 3.54. The van der Waals surface area contributed by atoms with Crippen molar-refractivity contribution in [1.29, 1.82) is 0 Å². The van der Waals surface area contributed by atoms with E-state index >= 15 is 0 Å². The molecule has 0 bridgehead atoms. The molecule has 5 aromatic rings. The molecule has 0 spiro atoms. The van der Waals surface area contributed by atoms with Crippen LogP contribution in [0.5, 0.6) is 0 Å². The number of anilines is 1. The van der Waals surface area contributed by atoms with Gasteiger partial charge in [-0.2, -0.15) is 0 Å². The van der Waals surface area contributed by atoms with E-state index in [-0.39, 0.29) is 11.9 Å². The molecule has 0 N–H and O–H groups in total. The third-order valence-electron chi connectivity index (χ3n) is 6.44. The number of para-hydroxylation sites is 1. The molecular formula is C26H24N6O2. The van der Waals surface area contributed by atoms with E-state index < -0.39 is 0 Å². The van der Waals surface area contributed by atoms with E-state index in [4.69, 9.17) is 9.40 Å². The lowest BCUT2D eigenvalue weighted by molar-refractivity contribution is 0.0672. The van der Waals surface area contributed by atoms with Crippen molar-refractivity contribution in [2.24, 2.45) is 0 Å². The highest BCUT2D eigenvalue weighted by molar-refractivity contribution is 5.95. The number of furan rings is 1. The fourth-order valence-corrected chi connectivity index (χ4v) is 4.74. The first-order valence-corrected chi connectivity index (χ1v) is 11.4. The number of carbonyl (C=O) groups excluding carboxylic acids is 1. The summed E-state index contributed by atoms with van der Waals surface area (Å²) in [6.07, 6.45) is 3.03. The number of nitrogens with zero attached hydrogens (tertiary/aromatic N) is 6. The Kier molecular flexibility index (Phi) is 4.79. The maximum Gasteiger partial charge on any atom is 0.257 e. The predicted molar refractivity (Wildman–Crippen MR) is 130 cm³/mol. The second-order valence-corrected chi connectivity index (χ2v) is 8.79. The predicted octanol–water partition coefficient (Wildman–Crippen LogP) is 4.20. The lowest BCUT2D eigenvalue weighted by Gasteiger charge is -2.40. The van der Waals surface area contributed by atoms with E-state index in [0.717, 1.165) is 39.4 Å². The van der Waals surface area contributed by atoms with Gasteiger partial charge in [-0.1, -0.05) is 35.9 Å². The van der Waals surface area contributed by atoms with Crippen LogP contribution in [-0.4, -0.2) is 56.1 Å². The Hall–Kier alpha value is -4.20. The summed E-state index contributed by atoms with van der Waals surface area (Å²) >= 11 is 0. The fourth-order valence-electron chi connectivity index (χ4n) is 4.74. The van der Waals surface area contributed by atoms with Gasteiger partial charge in [-0.05, 0) is 38.1 Å². The van der Waals surface area contributed by atoms with Crippen molar-refractivity contribution in [1.82, 2.24) is 24.5 Å². The molecule has 1 saturated heterocycles. The van der Waals surface area contributed by atoms with Gasteiger partial charge in [0.15, 0.2) is 11.5 Å². The molecule has 3 aromatic heterocycles. The Morgan fingerprint density at radius 3 is 2.74 bits per heavy atom. The summed E-state index contributed by atoms with van der Waals surface area (Å²) in [4.78, 5) is 22.1. The highest BCUT2D eigenvalue weighted by Gasteiger charge is 2.31. The summed E-state index contributed by atoms with van der Waals surface area (Å²) in [7, 11) is 0. The molecule has 1 aliphatic rings. The Morgan fingerprint density at radius 1 is 1.06 bits per heavy atom. The van der Waals surface area contributed by atoms with Crippen LogP contribution in [0.15, 0.2) is 71.5 Å². The monoisotopic (exact) mass is 452 g/mol. The summed E-state index contributed by atoms with van der Waals surface area (Å²) < 4.78 is 7.16. The Morgan fingerprint density at radius 2 is 1.94 bits per heavy atom. The van der Waals surface area contributed by atoms with Gasteiger partial charge in [-0.15, -0.1) is 10.2 Å². The molecule has 1 fully saturated rings. The number of aryl methyl sites for hydroxylation is 1. The van der Waals surface area contributed by atoms with Gasteiger partial charge in [0.05, 0.1) is 17.3 Å². The van der Waals surface area contributed by atoms with E-state index in [1.165, 1.54) is 12.5 Å². The molecule has 0 saturated carbocycles. The van der Waals surface area contributed by atoms with Gasteiger partial charge >= 0.3 is 0 Å². The van der Waals surface area contributed by atoms with Crippen LogP contribution in [0.4, 0.5) is 5.95 Å². The first-order chi connectivity index (χ1) is 16.6. The molecule has 6 rings (SSSR count). The second kappa shape index (κ2) is 7.98. The fraction of sp³-hybridized carbons (Fsp3) is 0.231. The molecule has 0 aliphatic carbocycles. The lowest BCUT2D eigenvalue weighted by Crippen LogP contribution is -2.54. The zero-order chi connectivity index (χ0) is 23.2. The number of aromatic nitrogens is 4. The Bertz CT molecular complexity index is 1510. The summed E-state index contributed by atoms with van der Waals surface area (Å²) in [5.41, 5.74) is 4.38. The number of amides is 1. The van der Waals surface area contributed by atoms with Crippen LogP contribution in [0.2, 0.25) is 0 Å². The number of hydrogen-bond acceptors (Lipinski definition) is 6. The third kappa shape index (κ3) is 3.30. The zero-order valence-corrected chi connectivity index (χ0v) is 19.0. The number of fused-ring (bicyclic) bond motifs is 3. The van der Waals surface area contributed by atoms with Crippen molar-refractivity contribution < 1.29 is 9.21 Å². The van der Waals surface area contributed by atoms with Crippen LogP contribution >= 0.6 is 0 Å². The van der Waals surface area contributed by atoms with Gasteiger partial charge in [0.2, 0.25) is 5.95 Å². The first kappa shape index (κ1) is 20.4. The van der Waals surface area contributed by atoms with Crippen LogP contribution in [0, 0.1) is 6.92 Å². The molecular weight excluding hydrogens is 428 g/mol. The van der Waals surface area contributed by atoms with Crippen LogP contribution in [0.1, 0.15) is 22.8 Å². The van der Waals surface area contributed by atoms with Crippen LogP contribution in [0.25, 0.3) is 27.9 Å². The molecule has 1 amide bonds. The van der Waals surface area contributed by atoms with Crippen LogP contribution < -0.4 is 4.90 Å². The van der Waals surface area contributed by atoms with Gasteiger partial charge in [0.1, 0.15) is 6.26 Å². The summed E-state index contributed by atoms with van der Waals surface area (Å²) in [5.74, 6) is 1.54. The maximum atomic E-state index is 12.9. The van der Waals surface area contributed by atoms with E-state index in [0.29, 0.717) is 25.2 Å². The standard InChI is InChI=1S/C26H24N6O2/c1-17-6-5-7-19(14-17)23-28-29-24-21-8-3-4-9-22(21)27-26(32(23)24)30-11-12-31(18(2)15-30)25(33)20-10-13-34-16-20/h3-10,13-14,16,18H,11-12,15H2,1-2H3. The SMILES string of the molecule is Cc1cccc(-c2nnc3c4ccccc4nc(N4CCN(C(=O)c5ccoc5)C(C)C4)n23)c1. The average molecular weight is 453 g/mol. The topological polar surface area (TPSA) is 79.8 Å². The van der Waals surface area contributed by atoms with Crippen molar-refractivity contribution in [2.45, 2.75) is 19.9 Å². The molecule has 34 heavy (non-hydrogen) atoms. The minimum Gasteiger partial charge on any atom is -0.472 e. The maximum absolute atomic E-state index is 12.9. The molecule has 0 radical (unpaired) electrons. The van der Waals surface area contributed by atoms with E-state index in [1.54, 1.807) is 6.07 Å². The van der Waals surface area contributed by atoms with Crippen molar-refractivity contribution in [2.75, 3.05) is 24.5 Å². The van der Waals surface area contributed by atoms with Crippen molar-refractivity contribution in [3.05, 3.63) is 78.3 Å². The normalized spacial score (nSPS) is 16.5. The quantitative estimate of drug-likeness (QED) is 0.408. The summed E-state index contributed by atoms with van der Waals surface area (Å²) in [6.45, 7) is 6.02. The smallest absolute Gasteiger partial charge is 0.257 e. The number of hydrogen-bond donors (Lipinski definition) is 0. The van der Waals surface area contributed by atoms with Crippen LogP contribution in [-0.2, 0) is 0 Å². The van der Waals surface area contributed by atoms with Gasteiger partial charge in [-0.25, -0.2) is 9.38 Å². The minimum atomic E-state index is -0.0118. The third-order valence-corrected chi connectivity index (χ3v) is 6.44. The zero-order valence-electron chi connectivity index (χ0n) is 19.0. The van der Waals surface area contributed by atoms with Crippen LogP contribution in [0.3, 0.4) is 0 Å². The number of carbonyl (C=O) groups is 1. The molecule has 2 aromatic carbocycles. The first-order valence-electron chi connectivity index (χ1n) is 11.4. The molecule has 1 atom stereocenters. The van der Waals surface area contributed by atoms with Gasteiger partial charge in [0.25, 0.3) is 5.91 Å². The van der Waals surface area contributed by atoms with E-state index in [2.05, 4.69) is 45.5 Å². The Labute approximate surface area is 196 Å². The summed E-state index contributed by atoms with van der Waals surface area (Å²) in [6, 6.07) is 18.0. The molecule has 8 heteroatoms. The molecule has 1 aliphatic heterocycles. The van der Waals surface area contributed by atoms with Crippen molar-refractivity contribution >= 4 is 28.4 Å². The van der Waals surface area contributed by atoms with Crippen molar-refractivity contribution in [3.8, 4) is 11.4 Å². The minimum absolute atomic E-state index is 0.00151. The number of benzene rings is 2. The van der Waals surface area contributed by atoms with E-state index in [1.807, 2.05) is 41.3 Å². The lowest BCUT2D eigenvalue weighted by atomic mass is 10.1.